The van der Waals surface area contributed by atoms with E-state index in [0.717, 1.165) is 3.57 Å². The van der Waals surface area contributed by atoms with Crippen LogP contribution in [-0.4, -0.2) is 13.0 Å². The van der Waals surface area contributed by atoms with E-state index in [9.17, 15) is 9.18 Å². The summed E-state index contributed by atoms with van der Waals surface area (Å²) in [4.78, 5) is 12.1. The summed E-state index contributed by atoms with van der Waals surface area (Å²) in [6.07, 6.45) is 0. The van der Waals surface area contributed by atoms with E-state index < -0.39 is 5.82 Å². The summed E-state index contributed by atoms with van der Waals surface area (Å²) in [6, 6.07) is 11.2. The van der Waals surface area contributed by atoms with Crippen LogP contribution in [0.15, 0.2) is 42.5 Å². The first-order chi connectivity index (χ1) is 9.11. The molecule has 0 aliphatic rings. The highest BCUT2D eigenvalue weighted by Crippen LogP contribution is 2.26. The van der Waals surface area contributed by atoms with Crippen LogP contribution in [0.3, 0.4) is 0 Å². The molecular formula is C14H11FINO2. The minimum Gasteiger partial charge on any atom is -0.494 e. The maximum absolute atomic E-state index is 13.1. The van der Waals surface area contributed by atoms with Crippen molar-refractivity contribution in [2.75, 3.05) is 12.4 Å². The molecule has 3 nitrogen and oxygen atoms in total. The zero-order chi connectivity index (χ0) is 13.8. The highest BCUT2D eigenvalue weighted by Gasteiger charge is 2.12. The van der Waals surface area contributed by atoms with Gasteiger partial charge in [0.05, 0.1) is 18.4 Å². The molecule has 0 radical (unpaired) electrons. The van der Waals surface area contributed by atoms with Crippen LogP contribution >= 0.6 is 22.6 Å². The fraction of sp³-hybridized carbons (Fsp3) is 0.0714. The average Bonchev–Trinajstić information content (AvgIpc) is 2.41. The van der Waals surface area contributed by atoms with Crippen molar-refractivity contribution >= 4 is 34.2 Å². The minimum absolute atomic E-state index is 0.255. The quantitative estimate of drug-likeness (QED) is 0.836. The molecule has 0 heterocycles. The molecule has 1 amide bonds. The molecule has 0 atom stereocenters. The molecule has 19 heavy (non-hydrogen) atoms. The number of anilines is 1. The lowest BCUT2D eigenvalue weighted by atomic mass is 10.2. The first-order valence-electron chi connectivity index (χ1n) is 5.51. The third kappa shape index (κ3) is 3.23. The smallest absolute Gasteiger partial charge is 0.256 e. The summed E-state index contributed by atoms with van der Waals surface area (Å²) in [5.41, 5.74) is 1.00. The zero-order valence-electron chi connectivity index (χ0n) is 10.1. The van der Waals surface area contributed by atoms with Crippen LogP contribution in [0, 0.1) is 9.39 Å². The molecule has 2 aromatic carbocycles. The Bertz CT molecular complexity index is 616. The number of nitrogens with one attached hydrogen (secondary N) is 1. The Morgan fingerprint density at radius 2 is 2.00 bits per heavy atom. The highest BCUT2D eigenvalue weighted by molar-refractivity contribution is 14.1. The van der Waals surface area contributed by atoms with Crippen LogP contribution in [0.5, 0.6) is 5.75 Å². The van der Waals surface area contributed by atoms with Gasteiger partial charge in [0.1, 0.15) is 11.6 Å². The van der Waals surface area contributed by atoms with Crippen molar-refractivity contribution in [3.05, 3.63) is 57.4 Å². The number of hydrogen-bond donors (Lipinski definition) is 1. The predicted molar refractivity (Wildman–Crippen MR) is 80.1 cm³/mol. The molecule has 1 N–H and O–H groups in total. The number of methoxy groups -OCH3 is 1. The van der Waals surface area contributed by atoms with Gasteiger partial charge in [-0.2, -0.15) is 0 Å². The third-order valence-electron chi connectivity index (χ3n) is 2.53. The second-order valence-corrected chi connectivity index (χ2v) is 4.94. The summed E-state index contributed by atoms with van der Waals surface area (Å²) in [7, 11) is 1.43. The van der Waals surface area contributed by atoms with E-state index >= 15 is 0 Å². The Morgan fingerprint density at radius 3 is 2.68 bits per heavy atom. The van der Waals surface area contributed by atoms with E-state index in [1.807, 2.05) is 12.1 Å². The number of ether oxygens (including phenoxy) is 1. The second kappa shape index (κ2) is 6.01. The molecule has 2 rings (SSSR count). The summed E-state index contributed by atoms with van der Waals surface area (Å²) in [6.45, 7) is 0. The molecule has 0 aliphatic heterocycles. The van der Waals surface area contributed by atoms with E-state index in [0.29, 0.717) is 17.0 Å². The van der Waals surface area contributed by atoms with Gasteiger partial charge in [-0.05, 0) is 46.9 Å². The second-order valence-electron chi connectivity index (χ2n) is 3.78. The molecule has 2 aromatic rings. The Hall–Kier alpha value is -1.63. The van der Waals surface area contributed by atoms with Gasteiger partial charge in [-0.25, -0.2) is 4.39 Å². The van der Waals surface area contributed by atoms with Gasteiger partial charge in [-0.15, -0.1) is 0 Å². The number of hydrogen-bond acceptors (Lipinski definition) is 2. The van der Waals surface area contributed by atoms with Gasteiger partial charge in [0.2, 0.25) is 0 Å². The molecule has 0 spiro atoms. The summed E-state index contributed by atoms with van der Waals surface area (Å²) in [5, 5.41) is 2.71. The Balaban J connectivity index is 2.27. The molecule has 0 aromatic heterocycles. The van der Waals surface area contributed by atoms with E-state index in [-0.39, 0.29) is 5.91 Å². The molecule has 0 bridgehead atoms. The molecular weight excluding hydrogens is 360 g/mol. The van der Waals surface area contributed by atoms with Gasteiger partial charge in [0.25, 0.3) is 5.91 Å². The van der Waals surface area contributed by atoms with Crippen molar-refractivity contribution in [2.45, 2.75) is 0 Å². The number of carbonyl (C=O) groups excluding carboxylic acids is 1. The maximum atomic E-state index is 13.1. The largest absolute Gasteiger partial charge is 0.494 e. The van der Waals surface area contributed by atoms with Gasteiger partial charge in [0.15, 0.2) is 0 Å². The normalized spacial score (nSPS) is 10.1. The molecule has 0 saturated heterocycles. The van der Waals surface area contributed by atoms with Crippen LogP contribution in [0.1, 0.15) is 10.4 Å². The van der Waals surface area contributed by atoms with E-state index in [2.05, 4.69) is 27.9 Å². The monoisotopic (exact) mass is 371 g/mol. The first kappa shape index (κ1) is 13.8. The molecule has 0 aliphatic carbocycles. The van der Waals surface area contributed by atoms with Gasteiger partial charge in [-0.1, -0.05) is 12.1 Å². The van der Waals surface area contributed by atoms with Crippen molar-refractivity contribution in [2.24, 2.45) is 0 Å². The Morgan fingerprint density at radius 1 is 1.26 bits per heavy atom. The summed E-state index contributed by atoms with van der Waals surface area (Å²) >= 11 is 2.09. The number of benzene rings is 2. The fourth-order valence-corrected chi connectivity index (χ4v) is 2.24. The Labute approximate surface area is 123 Å². The van der Waals surface area contributed by atoms with Crippen LogP contribution in [-0.2, 0) is 0 Å². The predicted octanol–water partition coefficient (Wildman–Crippen LogP) is 3.69. The van der Waals surface area contributed by atoms with Gasteiger partial charge in [0, 0.05) is 9.64 Å². The molecule has 98 valence electrons. The van der Waals surface area contributed by atoms with Crippen LogP contribution in [0.4, 0.5) is 10.1 Å². The lowest BCUT2D eigenvalue weighted by Crippen LogP contribution is -2.14. The standard InChI is InChI=1S/C14H11FINO2/c1-19-13-8-9(15)6-7-12(13)17-14(18)10-4-2-3-5-11(10)16/h2-8H,1H3,(H,17,18). The lowest BCUT2D eigenvalue weighted by molar-refractivity contribution is 0.102. The summed E-state index contributed by atoms with van der Waals surface area (Å²) in [5.74, 6) is -0.377. The molecule has 0 saturated carbocycles. The van der Waals surface area contributed by atoms with Crippen molar-refractivity contribution in [1.82, 2.24) is 0 Å². The molecule has 0 fully saturated rings. The SMILES string of the molecule is COc1cc(F)ccc1NC(=O)c1ccccc1I. The van der Waals surface area contributed by atoms with Gasteiger partial charge < -0.3 is 10.1 Å². The van der Waals surface area contributed by atoms with Crippen molar-refractivity contribution in [3.8, 4) is 5.75 Å². The van der Waals surface area contributed by atoms with Crippen LogP contribution in [0.2, 0.25) is 0 Å². The van der Waals surface area contributed by atoms with Crippen LogP contribution < -0.4 is 10.1 Å². The number of rotatable bonds is 3. The zero-order valence-corrected chi connectivity index (χ0v) is 12.3. The number of amides is 1. The minimum atomic E-state index is -0.413. The van der Waals surface area contributed by atoms with Gasteiger partial charge in [-0.3, -0.25) is 4.79 Å². The van der Waals surface area contributed by atoms with Crippen molar-refractivity contribution < 1.29 is 13.9 Å². The topological polar surface area (TPSA) is 38.3 Å². The van der Waals surface area contributed by atoms with Crippen molar-refractivity contribution in [3.63, 3.8) is 0 Å². The number of halogens is 2. The molecule has 5 heteroatoms. The Kier molecular flexibility index (Phi) is 4.36. The molecule has 0 unspecified atom stereocenters. The summed E-state index contributed by atoms with van der Waals surface area (Å²) < 4.78 is 18.9. The maximum Gasteiger partial charge on any atom is 0.256 e. The van der Waals surface area contributed by atoms with Crippen molar-refractivity contribution in [1.29, 1.82) is 0 Å². The first-order valence-corrected chi connectivity index (χ1v) is 6.59. The average molecular weight is 371 g/mol. The highest BCUT2D eigenvalue weighted by atomic mass is 127. The van der Waals surface area contributed by atoms with E-state index in [4.69, 9.17) is 4.74 Å². The van der Waals surface area contributed by atoms with E-state index in [1.54, 1.807) is 12.1 Å². The van der Waals surface area contributed by atoms with E-state index in [1.165, 1.54) is 25.3 Å². The number of carbonyl (C=O) groups is 1. The third-order valence-corrected chi connectivity index (χ3v) is 3.47. The van der Waals surface area contributed by atoms with Crippen LogP contribution in [0.25, 0.3) is 0 Å². The lowest BCUT2D eigenvalue weighted by Gasteiger charge is -2.10. The fourth-order valence-electron chi connectivity index (χ4n) is 1.60. The van der Waals surface area contributed by atoms with Gasteiger partial charge >= 0.3 is 0 Å².